The first-order valence-corrected chi connectivity index (χ1v) is 7.67. The molecule has 0 amide bonds. The van der Waals surface area contributed by atoms with Gasteiger partial charge in [-0.1, -0.05) is 6.92 Å². The fourth-order valence-corrected chi connectivity index (χ4v) is 3.07. The van der Waals surface area contributed by atoms with Crippen molar-refractivity contribution in [2.75, 3.05) is 18.1 Å². The van der Waals surface area contributed by atoms with Gasteiger partial charge in [0.05, 0.1) is 0 Å². The predicted octanol–water partition coefficient (Wildman–Crippen LogP) is 2.37. The maximum atomic E-state index is 11.1. The number of hydrogen-bond acceptors (Lipinski definition) is 3. The summed E-state index contributed by atoms with van der Waals surface area (Å²) in [5, 5.41) is 5.35. The topological polar surface area (TPSA) is 29.1 Å². The minimum Gasteiger partial charge on any atom is -0.311 e. The highest BCUT2D eigenvalue weighted by Gasteiger charge is 1.98. The lowest BCUT2D eigenvalue weighted by atomic mass is 10.4. The van der Waals surface area contributed by atoms with Crippen molar-refractivity contribution >= 4 is 38.1 Å². The summed E-state index contributed by atoms with van der Waals surface area (Å²) in [6, 6.07) is 2.11. The first kappa shape index (κ1) is 12.4. The van der Waals surface area contributed by atoms with Gasteiger partial charge in [-0.05, 0) is 22.0 Å². The van der Waals surface area contributed by atoms with Crippen LogP contribution in [0.2, 0.25) is 0 Å². The van der Waals surface area contributed by atoms with Crippen molar-refractivity contribution in [2.24, 2.45) is 0 Å². The van der Waals surface area contributed by atoms with Gasteiger partial charge in [0.25, 0.3) is 0 Å². The van der Waals surface area contributed by atoms with Crippen LogP contribution in [0.25, 0.3) is 0 Å². The van der Waals surface area contributed by atoms with Crippen molar-refractivity contribution in [3.8, 4) is 0 Å². The Morgan fingerprint density at radius 1 is 1.64 bits per heavy atom. The van der Waals surface area contributed by atoms with E-state index in [1.54, 1.807) is 11.3 Å². The summed E-state index contributed by atoms with van der Waals surface area (Å²) in [6.45, 7) is 3.65. The molecule has 0 fully saturated rings. The summed E-state index contributed by atoms with van der Waals surface area (Å²) in [4.78, 5) is 1.30. The van der Waals surface area contributed by atoms with Gasteiger partial charge in [-0.2, -0.15) is 0 Å². The van der Waals surface area contributed by atoms with Crippen molar-refractivity contribution in [3.05, 3.63) is 20.8 Å². The Morgan fingerprint density at radius 2 is 2.43 bits per heavy atom. The normalized spacial score (nSPS) is 13.0. The van der Waals surface area contributed by atoms with Gasteiger partial charge in [0, 0.05) is 50.1 Å². The van der Waals surface area contributed by atoms with Gasteiger partial charge >= 0.3 is 0 Å². The van der Waals surface area contributed by atoms with Crippen LogP contribution in [-0.2, 0) is 17.3 Å². The molecule has 1 atom stereocenters. The zero-order valence-corrected chi connectivity index (χ0v) is 11.3. The first-order valence-electron chi connectivity index (χ1n) is 4.51. The maximum Gasteiger partial charge on any atom is 0.0360 e. The van der Waals surface area contributed by atoms with E-state index in [-0.39, 0.29) is 0 Å². The molecule has 2 nitrogen and oxygen atoms in total. The monoisotopic (exact) mass is 295 g/mol. The van der Waals surface area contributed by atoms with Crippen LogP contribution in [0.15, 0.2) is 15.9 Å². The molecule has 0 saturated carbocycles. The maximum absolute atomic E-state index is 11.1. The molecule has 0 radical (unpaired) electrons. The van der Waals surface area contributed by atoms with Crippen molar-refractivity contribution in [2.45, 2.75) is 13.5 Å². The minimum absolute atomic E-state index is 0.648. The van der Waals surface area contributed by atoms with E-state index in [0.29, 0.717) is 0 Å². The van der Waals surface area contributed by atoms with Gasteiger partial charge in [-0.25, -0.2) is 0 Å². The molecule has 1 aromatic rings. The van der Waals surface area contributed by atoms with Crippen LogP contribution in [0.3, 0.4) is 0 Å². The molecule has 1 heterocycles. The highest BCUT2D eigenvalue weighted by atomic mass is 79.9. The predicted molar refractivity (Wildman–Crippen MR) is 67.3 cm³/mol. The summed E-state index contributed by atoms with van der Waals surface area (Å²) in [5.41, 5.74) is 0. The fourth-order valence-electron chi connectivity index (χ4n) is 0.988. The Bertz CT molecular complexity index is 301. The molecule has 0 saturated heterocycles. The second-order valence-corrected chi connectivity index (χ2v) is 6.62. The Kier molecular flexibility index (Phi) is 5.93. The van der Waals surface area contributed by atoms with E-state index < -0.39 is 10.8 Å². The summed E-state index contributed by atoms with van der Waals surface area (Å²) >= 11 is 5.14. The highest BCUT2D eigenvalue weighted by Crippen LogP contribution is 2.19. The fraction of sp³-hybridized carbons (Fsp3) is 0.556. The Balaban J connectivity index is 2.13. The van der Waals surface area contributed by atoms with E-state index in [4.69, 9.17) is 0 Å². The van der Waals surface area contributed by atoms with Crippen molar-refractivity contribution in [1.82, 2.24) is 5.32 Å². The van der Waals surface area contributed by atoms with Crippen LogP contribution in [0, 0.1) is 0 Å². The molecule has 0 aliphatic carbocycles. The van der Waals surface area contributed by atoms with Gasteiger partial charge in [0.15, 0.2) is 0 Å². The zero-order valence-electron chi connectivity index (χ0n) is 8.09. The molecule has 1 aromatic heterocycles. The summed E-state index contributed by atoms with van der Waals surface area (Å²) in [5.74, 6) is 1.51. The Hall–Kier alpha value is 0.290. The average Bonchev–Trinajstić information content (AvgIpc) is 2.58. The number of nitrogens with one attached hydrogen (secondary N) is 1. The van der Waals surface area contributed by atoms with Crippen LogP contribution in [0.4, 0.5) is 0 Å². The van der Waals surface area contributed by atoms with E-state index in [2.05, 4.69) is 32.7 Å². The number of halogens is 1. The van der Waals surface area contributed by atoms with Crippen LogP contribution >= 0.6 is 27.3 Å². The smallest absolute Gasteiger partial charge is 0.0360 e. The van der Waals surface area contributed by atoms with Crippen molar-refractivity contribution < 1.29 is 4.21 Å². The minimum atomic E-state index is -0.648. The molecule has 0 spiro atoms. The molecule has 1 N–H and O–H groups in total. The van der Waals surface area contributed by atoms with Crippen LogP contribution in [-0.4, -0.2) is 22.3 Å². The molecule has 5 heteroatoms. The van der Waals surface area contributed by atoms with Gasteiger partial charge in [0.1, 0.15) is 0 Å². The number of thiophene rings is 1. The molecule has 0 bridgehead atoms. The van der Waals surface area contributed by atoms with Crippen LogP contribution in [0.5, 0.6) is 0 Å². The van der Waals surface area contributed by atoms with E-state index >= 15 is 0 Å². The van der Waals surface area contributed by atoms with E-state index in [1.807, 2.05) is 6.92 Å². The standard InChI is InChI=1S/C9H14BrNOS2/c1-2-14(12)4-3-11-6-9-5-8(10)7-13-9/h5,7,11H,2-4,6H2,1H3. The number of rotatable bonds is 6. The lowest BCUT2D eigenvalue weighted by Crippen LogP contribution is -2.20. The van der Waals surface area contributed by atoms with Gasteiger partial charge in [-0.3, -0.25) is 4.21 Å². The molecule has 14 heavy (non-hydrogen) atoms. The molecule has 1 rings (SSSR count). The third kappa shape index (κ3) is 4.68. The largest absolute Gasteiger partial charge is 0.311 e. The molecular formula is C9H14BrNOS2. The second kappa shape index (κ2) is 6.71. The Morgan fingerprint density at radius 3 is 3.00 bits per heavy atom. The average molecular weight is 296 g/mol. The van der Waals surface area contributed by atoms with Crippen LogP contribution in [0.1, 0.15) is 11.8 Å². The summed E-state index contributed by atoms with van der Waals surface area (Å²) in [7, 11) is -0.648. The third-order valence-corrected chi connectivity index (χ3v) is 4.75. The molecule has 80 valence electrons. The molecule has 0 aliphatic rings. The molecular weight excluding hydrogens is 282 g/mol. The molecule has 1 unspecified atom stereocenters. The van der Waals surface area contributed by atoms with E-state index in [1.165, 1.54) is 4.88 Å². The lowest BCUT2D eigenvalue weighted by molar-refractivity contribution is 0.675. The van der Waals surface area contributed by atoms with Gasteiger partial charge in [0.2, 0.25) is 0 Å². The van der Waals surface area contributed by atoms with Crippen molar-refractivity contribution in [1.29, 1.82) is 0 Å². The van der Waals surface area contributed by atoms with Crippen LogP contribution < -0.4 is 5.32 Å². The Labute approximate surface area is 99.7 Å². The summed E-state index contributed by atoms with van der Waals surface area (Å²) < 4.78 is 12.2. The quantitative estimate of drug-likeness (QED) is 0.817. The van der Waals surface area contributed by atoms with E-state index in [9.17, 15) is 4.21 Å². The first-order chi connectivity index (χ1) is 6.72. The lowest BCUT2D eigenvalue weighted by Gasteiger charge is -2.01. The van der Waals surface area contributed by atoms with Gasteiger partial charge < -0.3 is 5.32 Å². The number of hydrogen-bond donors (Lipinski definition) is 1. The highest BCUT2D eigenvalue weighted by molar-refractivity contribution is 9.10. The third-order valence-electron chi connectivity index (χ3n) is 1.75. The molecule has 0 aliphatic heterocycles. The van der Waals surface area contributed by atoms with Crippen molar-refractivity contribution in [3.63, 3.8) is 0 Å². The van der Waals surface area contributed by atoms with Gasteiger partial charge in [-0.15, -0.1) is 11.3 Å². The van der Waals surface area contributed by atoms with E-state index in [0.717, 1.165) is 29.1 Å². The zero-order chi connectivity index (χ0) is 10.4. The molecule has 0 aromatic carbocycles. The summed E-state index contributed by atoms with van der Waals surface area (Å²) in [6.07, 6.45) is 0. The SMILES string of the molecule is CCS(=O)CCNCc1cc(Br)cs1. The second-order valence-electron chi connectivity index (χ2n) is 2.84.